The molecule has 2 amide bonds. The fourth-order valence-electron chi connectivity index (χ4n) is 3.23. The van der Waals surface area contributed by atoms with Crippen LogP contribution in [0.5, 0.6) is 11.5 Å². The second kappa shape index (κ2) is 7.52. The van der Waals surface area contributed by atoms with Crippen molar-refractivity contribution in [3.8, 4) is 11.5 Å². The van der Waals surface area contributed by atoms with Crippen molar-refractivity contribution in [1.29, 1.82) is 0 Å². The van der Waals surface area contributed by atoms with Crippen LogP contribution in [-0.2, 0) is 16.0 Å². The molecule has 1 aliphatic rings. The van der Waals surface area contributed by atoms with Gasteiger partial charge in [-0.2, -0.15) is 0 Å². The van der Waals surface area contributed by atoms with Crippen LogP contribution in [0.2, 0.25) is 0 Å². The van der Waals surface area contributed by atoms with Crippen LogP contribution in [0.3, 0.4) is 0 Å². The lowest BCUT2D eigenvalue weighted by Gasteiger charge is -2.27. The van der Waals surface area contributed by atoms with Gasteiger partial charge in [0, 0.05) is 11.1 Å². The molecule has 1 aliphatic heterocycles. The molecule has 0 saturated heterocycles. The van der Waals surface area contributed by atoms with Gasteiger partial charge >= 0.3 is 0 Å². The molecule has 0 spiro atoms. The molecule has 28 heavy (non-hydrogen) atoms. The highest BCUT2D eigenvalue weighted by atomic mass is 19.1. The number of hydrogen-bond donors (Lipinski definition) is 2. The molecule has 140 valence electrons. The highest BCUT2D eigenvalue weighted by Gasteiger charge is 2.32. The molecule has 0 saturated carbocycles. The van der Waals surface area contributed by atoms with Crippen LogP contribution in [0, 0.1) is 5.82 Å². The second-order valence-corrected chi connectivity index (χ2v) is 6.45. The van der Waals surface area contributed by atoms with Crippen LogP contribution in [0.4, 0.5) is 4.39 Å². The Labute approximate surface area is 161 Å². The number of halogens is 1. The molecule has 3 aromatic rings. The van der Waals surface area contributed by atoms with Crippen LogP contribution in [0.25, 0.3) is 0 Å². The summed E-state index contributed by atoms with van der Waals surface area (Å²) in [4.78, 5) is 25.0. The first-order valence-corrected chi connectivity index (χ1v) is 8.80. The van der Waals surface area contributed by atoms with E-state index in [9.17, 15) is 14.0 Å². The largest absolute Gasteiger partial charge is 0.457 e. The van der Waals surface area contributed by atoms with E-state index in [1.54, 1.807) is 12.1 Å². The quantitative estimate of drug-likeness (QED) is 0.688. The standard InChI is InChI=1S/C22H17FN2O3/c23-15-11-9-14(10-12-15)13-20(26)24-25-22(27)21-16-5-1-3-7-18(16)28-19-8-4-2-6-17(19)21/h1-12,21H,13H2,(H,24,26)(H,25,27). The average Bonchev–Trinajstić information content (AvgIpc) is 2.72. The lowest BCUT2D eigenvalue weighted by atomic mass is 9.87. The topological polar surface area (TPSA) is 67.4 Å². The second-order valence-electron chi connectivity index (χ2n) is 6.45. The normalized spacial score (nSPS) is 12.3. The summed E-state index contributed by atoms with van der Waals surface area (Å²) in [6, 6.07) is 20.3. The van der Waals surface area contributed by atoms with Gasteiger partial charge in [-0.25, -0.2) is 4.39 Å². The Morgan fingerprint density at radius 3 is 2.00 bits per heavy atom. The van der Waals surface area contributed by atoms with Crippen LogP contribution in [-0.4, -0.2) is 11.8 Å². The molecule has 4 rings (SSSR count). The Kier molecular flexibility index (Phi) is 4.76. The minimum atomic E-state index is -0.604. The first-order chi connectivity index (χ1) is 13.6. The van der Waals surface area contributed by atoms with Crippen molar-refractivity contribution in [2.45, 2.75) is 12.3 Å². The van der Waals surface area contributed by atoms with Gasteiger partial charge in [0.2, 0.25) is 5.91 Å². The van der Waals surface area contributed by atoms with Gasteiger partial charge in [0.25, 0.3) is 5.91 Å². The number of hydrazine groups is 1. The van der Waals surface area contributed by atoms with E-state index >= 15 is 0 Å². The summed E-state index contributed by atoms with van der Waals surface area (Å²) in [5.41, 5.74) is 7.03. The first kappa shape index (κ1) is 17.7. The number of carbonyl (C=O) groups excluding carboxylic acids is 2. The predicted molar refractivity (Wildman–Crippen MR) is 101 cm³/mol. The third-order valence-corrected chi connectivity index (χ3v) is 4.55. The van der Waals surface area contributed by atoms with Crippen LogP contribution in [0.1, 0.15) is 22.6 Å². The summed E-state index contributed by atoms with van der Waals surface area (Å²) < 4.78 is 18.8. The van der Waals surface area contributed by atoms with Gasteiger partial charge in [-0.3, -0.25) is 20.4 Å². The van der Waals surface area contributed by atoms with Crippen molar-refractivity contribution < 1.29 is 18.7 Å². The summed E-state index contributed by atoms with van der Waals surface area (Å²) in [5.74, 6) is -0.510. The monoisotopic (exact) mass is 376 g/mol. The number of ether oxygens (including phenoxy) is 1. The summed E-state index contributed by atoms with van der Waals surface area (Å²) in [7, 11) is 0. The van der Waals surface area contributed by atoms with E-state index in [0.717, 1.165) is 11.1 Å². The van der Waals surface area contributed by atoms with Crippen molar-refractivity contribution in [3.63, 3.8) is 0 Å². The maximum atomic E-state index is 13.0. The van der Waals surface area contributed by atoms with Crippen LogP contribution >= 0.6 is 0 Å². The van der Waals surface area contributed by atoms with Crippen molar-refractivity contribution in [3.05, 3.63) is 95.3 Å². The molecule has 0 unspecified atom stereocenters. The fraction of sp³-hybridized carbons (Fsp3) is 0.0909. The molecule has 0 aromatic heterocycles. The van der Waals surface area contributed by atoms with Gasteiger partial charge in [0.1, 0.15) is 17.3 Å². The average molecular weight is 376 g/mol. The highest BCUT2D eigenvalue weighted by molar-refractivity contribution is 5.91. The smallest absolute Gasteiger partial charge is 0.250 e. The number of carbonyl (C=O) groups is 2. The van der Waals surface area contributed by atoms with Crippen LogP contribution < -0.4 is 15.6 Å². The van der Waals surface area contributed by atoms with E-state index < -0.39 is 11.8 Å². The summed E-state index contributed by atoms with van der Waals surface area (Å²) in [5, 5.41) is 0. The number of fused-ring (bicyclic) bond motifs is 2. The van der Waals surface area contributed by atoms with Crippen molar-refractivity contribution in [2.24, 2.45) is 0 Å². The van der Waals surface area contributed by atoms with Crippen molar-refractivity contribution in [1.82, 2.24) is 10.9 Å². The summed E-state index contributed by atoms with van der Waals surface area (Å²) in [6.07, 6.45) is 0.0293. The van der Waals surface area contributed by atoms with Gasteiger partial charge in [0.05, 0.1) is 12.3 Å². The lowest BCUT2D eigenvalue weighted by Crippen LogP contribution is -2.45. The number of para-hydroxylation sites is 2. The molecule has 0 aliphatic carbocycles. The molecule has 0 fully saturated rings. The van der Waals surface area contributed by atoms with E-state index in [-0.39, 0.29) is 18.1 Å². The van der Waals surface area contributed by atoms with E-state index in [4.69, 9.17) is 4.74 Å². The molecule has 0 radical (unpaired) electrons. The van der Waals surface area contributed by atoms with E-state index in [1.807, 2.05) is 36.4 Å². The minimum Gasteiger partial charge on any atom is -0.457 e. The number of nitrogens with one attached hydrogen (secondary N) is 2. The van der Waals surface area contributed by atoms with Gasteiger partial charge < -0.3 is 4.74 Å². The Morgan fingerprint density at radius 1 is 0.821 bits per heavy atom. The number of hydrogen-bond acceptors (Lipinski definition) is 3. The van der Waals surface area contributed by atoms with Gasteiger partial charge in [-0.1, -0.05) is 48.5 Å². The van der Waals surface area contributed by atoms with E-state index in [0.29, 0.717) is 17.1 Å². The van der Waals surface area contributed by atoms with Gasteiger partial charge in [0.15, 0.2) is 0 Å². The molecule has 0 atom stereocenters. The number of benzene rings is 3. The summed E-state index contributed by atoms with van der Waals surface area (Å²) >= 11 is 0. The van der Waals surface area contributed by atoms with Crippen molar-refractivity contribution >= 4 is 11.8 Å². The third kappa shape index (κ3) is 3.57. The zero-order valence-corrected chi connectivity index (χ0v) is 14.8. The molecule has 5 nitrogen and oxygen atoms in total. The van der Waals surface area contributed by atoms with Gasteiger partial charge in [-0.15, -0.1) is 0 Å². The Hall–Kier alpha value is -3.67. The van der Waals surface area contributed by atoms with Gasteiger partial charge in [-0.05, 0) is 29.8 Å². The molecule has 1 heterocycles. The maximum absolute atomic E-state index is 13.0. The zero-order valence-electron chi connectivity index (χ0n) is 14.8. The SMILES string of the molecule is O=C(Cc1ccc(F)cc1)NNC(=O)C1c2ccccc2Oc2ccccc21. The predicted octanol–water partition coefficient (Wildman–Crippen LogP) is 3.45. The Morgan fingerprint density at radius 2 is 1.39 bits per heavy atom. The molecular weight excluding hydrogens is 359 g/mol. The molecule has 6 heteroatoms. The van der Waals surface area contributed by atoms with E-state index in [1.165, 1.54) is 24.3 Å². The highest BCUT2D eigenvalue weighted by Crippen LogP contribution is 2.43. The summed E-state index contributed by atoms with van der Waals surface area (Å²) in [6.45, 7) is 0. The zero-order chi connectivity index (χ0) is 19.5. The molecule has 3 aromatic carbocycles. The van der Waals surface area contributed by atoms with E-state index in [2.05, 4.69) is 10.9 Å². The first-order valence-electron chi connectivity index (χ1n) is 8.80. The lowest BCUT2D eigenvalue weighted by molar-refractivity contribution is -0.129. The van der Waals surface area contributed by atoms with Crippen molar-refractivity contribution in [2.75, 3.05) is 0 Å². The van der Waals surface area contributed by atoms with Crippen LogP contribution in [0.15, 0.2) is 72.8 Å². The minimum absolute atomic E-state index is 0.0293. The fourth-order valence-corrected chi connectivity index (χ4v) is 3.23. The maximum Gasteiger partial charge on any atom is 0.250 e. The Balaban J connectivity index is 1.49. The number of amides is 2. The molecule has 0 bridgehead atoms. The molecular formula is C22H17FN2O3. The third-order valence-electron chi connectivity index (χ3n) is 4.55. The Bertz CT molecular complexity index is 988. The molecule has 2 N–H and O–H groups in total. The number of rotatable bonds is 3.